The van der Waals surface area contributed by atoms with Gasteiger partial charge >= 0.3 is 0 Å². The molecule has 2 aromatic carbocycles. The molecule has 0 atom stereocenters. The predicted octanol–water partition coefficient (Wildman–Crippen LogP) is 5.00. The topological polar surface area (TPSA) is 9.23 Å². The van der Waals surface area contributed by atoms with E-state index in [0.717, 1.165) is 18.6 Å². The van der Waals surface area contributed by atoms with Crippen molar-refractivity contribution in [3.05, 3.63) is 58.9 Å². The lowest BCUT2D eigenvalue weighted by Gasteiger charge is -2.11. The van der Waals surface area contributed by atoms with Crippen LogP contribution in [0.5, 0.6) is 11.5 Å². The summed E-state index contributed by atoms with van der Waals surface area (Å²) in [5.74, 6) is 1.12. The van der Waals surface area contributed by atoms with Crippen molar-refractivity contribution >= 4 is 15.9 Å². The molecular formula is C16H14BrFO. The van der Waals surface area contributed by atoms with Crippen molar-refractivity contribution in [3.8, 4) is 11.5 Å². The largest absolute Gasteiger partial charge is 0.457 e. The summed E-state index contributed by atoms with van der Waals surface area (Å²) in [4.78, 5) is 0. The van der Waals surface area contributed by atoms with Crippen LogP contribution in [0.3, 0.4) is 0 Å². The zero-order valence-corrected chi connectivity index (χ0v) is 12.0. The summed E-state index contributed by atoms with van der Waals surface area (Å²) < 4.78 is 19.5. The Labute approximate surface area is 120 Å². The summed E-state index contributed by atoms with van der Waals surface area (Å²) in [6, 6.07) is 11.1. The maximum Gasteiger partial charge on any atom is 0.134 e. The highest BCUT2D eigenvalue weighted by atomic mass is 79.9. The molecule has 0 saturated carbocycles. The Morgan fingerprint density at radius 3 is 2.79 bits per heavy atom. The third-order valence-corrected chi connectivity index (χ3v) is 4.07. The molecule has 3 rings (SSSR count). The number of alkyl halides is 1. The number of fused-ring (bicyclic) bond motifs is 1. The lowest BCUT2D eigenvalue weighted by atomic mass is 10.1. The number of benzene rings is 2. The molecular weight excluding hydrogens is 307 g/mol. The van der Waals surface area contributed by atoms with Crippen molar-refractivity contribution in [3.63, 3.8) is 0 Å². The van der Waals surface area contributed by atoms with Gasteiger partial charge in [-0.25, -0.2) is 4.39 Å². The zero-order valence-electron chi connectivity index (χ0n) is 10.5. The molecule has 3 heteroatoms. The normalized spacial score (nSPS) is 13.4. The molecule has 0 radical (unpaired) electrons. The van der Waals surface area contributed by atoms with Gasteiger partial charge in [-0.2, -0.15) is 0 Å². The molecule has 2 aromatic rings. The van der Waals surface area contributed by atoms with E-state index in [4.69, 9.17) is 4.74 Å². The van der Waals surface area contributed by atoms with E-state index in [0.29, 0.717) is 16.6 Å². The first-order valence-electron chi connectivity index (χ1n) is 6.41. The van der Waals surface area contributed by atoms with Gasteiger partial charge in [0.1, 0.15) is 17.3 Å². The van der Waals surface area contributed by atoms with Crippen LogP contribution in [-0.2, 0) is 18.2 Å². The minimum atomic E-state index is -0.240. The fourth-order valence-electron chi connectivity index (χ4n) is 2.50. The van der Waals surface area contributed by atoms with E-state index < -0.39 is 0 Å². The lowest BCUT2D eigenvalue weighted by molar-refractivity contribution is 0.470. The molecule has 98 valence electrons. The van der Waals surface area contributed by atoms with Gasteiger partial charge in [0.15, 0.2) is 0 Å². The van der Waals surface area contributed by atoms with E-state index in [1.165, 1.54) is 23.6 Å². The van der Waals surface area contributed by atoms with Gasteiger partial charge in [-0.3, -0.25) is 0 Å². The second kappa shape index (κ2) is 5.33. The maximum atomic E-state index is 13.7. The molecule has 0 aliphatic heterocycles. The van der Waals surface area contributed by atoms with Crippen molar-refractivity contribution in [1.29, 1.82) is 0 Å². The van der Waals surface area contributed by atoms with Crippen molar-refractivity contribution in [2.24, 2.45) is 0 Å². The molecule has 0 heterocycles. The SMILES string of the molecule is Fc1cccc(Oc2ccc3c(c2)CCC3)c1CBr. The zero-order chi connectivity index (χ0) is 13.2. The van der Waals surface area contributed by atoms with Crippen LogP contribution >= 0.6 is 15.9 Å². The quantitative estimate of drug-likeness (QED) is 0.723. The lowest BCUT2D eigenvalue weighted by Crippen LogP contribution is -1.94. The second-order valence-electron chi connectivity index (χ2n) is 4.74. The summed E-state index contributed by atoms with van der Waals surface area (Å²) in [6.45, 7) is 0. The predicted molar refractivity (Wildman–Crippen MR) is 77.6 cm³/mol. The van der Waals surface area contributed by atoms with E-state index in [1.54, 1.807) is 12.1 Å². The monoisotopic (exact) mass is 320 g/mol. The molecule has 1 aliphatic carbocycles. The van der Waals surface area contributed by atoms with E-state index in [-0.39, 0.29) is 5.82 Å². The van der Waals surface area contributed by atoms with Crippen LogP contribution < -0.4 is 4.74 Å². The van der Waals surface area contributed by atoms with Crippen LogP contribution in [0.2, 0.25) is 0 Å². The van der Waals surface area contributed by atoms with Crippen LogP contribution in [0.25, 0.3) is 0 Å². The van der Waals surface area contributed by atoms with Gasteiger partial charge in [0.2, 0.25) is 0 Å². The van der Waals surface area contributed by atoms with Crippen LogP contribution in [-0.4, -0.2) is 0 Å². The van der Waals surface area contributed by atoms with Gasteiger partial charge in [-0.05, 0) is 54.7 Å². The fraction of sp³-hybridized carbons (Fsp3) is 0.250. The molecule has 0 saturated heterocycles. The van der Waals surface area contributed by atoms with Crippen LogP contribution in [0.1, 0.15) is 23.1 Å². The molecule has 0 fully saturated rings. The molecule has 0 aromatic heterocycles. The first-order valence-corrected chi connectivity index (χ1v) is 7.53. The Balaban J connectivity index is 1.91. The summed E-state index contributed by atoms with van der Waals surface area (Å²) in [5.41, 5.74) is 3.32. The van der Waals surface area contributed by atoms with Gasteiger partial charge in [0, 0.05) is 10.9 Å². The minimum absolute atomic E-state index is 0.240. The number of aryl methyl sites for hydroxylation is 2. The van der Waals surface area contributed by atoms with Crippen LogP contribution in [0.15, 0.2) is 36.4 Å². The number of ether oxygens (including phenoxy) is 1. The molecule has 0 spiro atoms. The Morgan fingerprint density at radius 1 is 1.11 bits per heavy atom. The highest BCUT2D eigenvalue weighted by molar-refractivity contribution is 9.08. The maximum absolute atomic E-state index is 13.7. The standard InChI is InChI=1S/C16H14BrFO/c17-10-14-15(18)5-2-6-16(14)19-13-8-7-11-3-1-4-12(11)9-13/h2,5-9H,1,3-4,10H2. The first-order chi connectivity index (χ1) is 9.28. The van der Waals surface area contributed by atoms with Gasteiger partial charge in [-0.15, -0.1) is 0 Å². The Hall–Kier alpha value is -1.35. The third-order valence-electron chi connectivity index (χ3n) is 3.51. The highest BCUT2D eigenvalue weighted by Gasteiger charge is 2.13. The molecule has 0 amide bonds. The molecule has 1 nitrogen and oxygen atoms in total. The summed E-state index contributed by atoms with van der Waals surface area (Å²) >= 11 is 3.30. The van der Waals surface area contributed by atoms with Gasteiger partial charge < -0.3 is 4.74 Å². The average molecular weight is 321 g/mol. The van der Waals surface area contributed by atoms with E-state index in [2.05, 4.69) is 28.1 Å². The number of hydrogen-bond acceptors (Lipinski definition) is 1. The first kappa shape index (κ1) is 12.7. The fourth-order valence-corrected chi connectivity index (χ4v) is 3.05. The summed E-state index contributed by atoms with van der Waals surface area (Å²) in [7, 11) is 0. The van der Waals surface area contributed by atoms with E-state index in [9.17, 15) is 4.39 Å². The summed E-state index contributed by atoms with van der Waals surface area (Å²) in [6.07, 6.45) is 3.48. The number of hydrogen-bond donors (Lipinski definition) is 0. The van der Waals surface area contributed by atoms with Crippen molar-refractivity contribution in [2.45, 2.75) is 24.6 Å². The van der Waals surface area contributed by atoms with Gasteiger partial charge in [-0.1, -0.05) is 28.1 Å². The molecule has 1 aliphatic rings. The Morgan fingerprint density at radius 2 is 1.95 bits per heavy atom. The smallest absolute Gasteiger partial charge is 0.134 e. The van der Waals surface area contributed by atoms with E-state index >= 15 is 0 Å². The Kier molecular flexibility index (Phi) is 3.56. The molecule has 0 N–H and O–H groups in total. The number of halogens is 2. The van der Waals surface area contributed by atoms with Crippen molar-refractivity contribution < 1.29 is 9.13 Å². The summed E-state index contributed by atoms with van der Waals surface area (Å²) in [5, 5.41) is 0.444. The third kappa shape index (κ3) is 2.52. The van der Waals surface area contributed by atoms with Crippen LogP contribution in [0, 0.1) is 5.82 Å². The number of rotatable bonds is 3. The molecule has 19 heavy (non-hydrogen) atoms. The van der Waals surface area contributed by atoms with Crippen LogP contribution in [0.4, 0.5) is 4.39 Å². The van der Waals surface area contributed by atoms with Gasteiger partial charge in [0.25, 0.3) is 0 Å². The highest BCUT2D eigenvalue weighted by Crippen LogP contribution is 2.32. The minimum Gasteiger partial charge on any atom is -0.457 e. The average Bonchev–Trinajstić information content (AvgIpc) is 2.86. The second-order valence-corrected chi connectivity index (χ2v) is 5.30. The van der Waals surface area contributed by atoms with Gasteiger partial charge in [0.05, 0.1) is 0 Å². The van der Waals surface area contributed by atoms with E-state index in [1.807, 2.05) is 6.07 Å². The molecule has 0 unspecified atom stereocenters. The van der Waals surface area contributed by atoms with Crippen molar-refractivity contribution in [1.82, 2.24) is 0 Å². The van der Waals surface area contributed by atoms with Crippen molar-refractivity contribution in [2.75, 3.05) is 0 Å². The molecule has 0 bridgehead atoms. The Bertz CT molecular complexity index is 610.